The first-order valence-electron chi connectivity index (χ1n) is 7.96. The van der Waals surface area contributed by atoms with E-state index in [1.165, 1.54) is 41.2 Å². The lowest BCUT2D eigenvalue weighted by atomic mass is 9.97. The maximum absolute atomic E-state index is 13.2. The van der Waals surface area contributed by atoms with Crippen LogP contribution < -0.4 is 11.0 Å². The fourth-order valence-corrected chi connectivity index (χ4v) is 2.99. The number of halogens is 1. The van der Waals surface area contributed by atoms with Gasteiger partial charge >= 0.3 is 5.69 Å². The standard InChI is InChI=1S/C17H20FN3O2/c18-13-6-7-15-14(10-13)20-17(23)21(15)11-16(22)19-9-8-12-4-2-1-3-5-12/h4,6-7,10H,1-3,5,8-9,11H2,(H,19,22)(H,20,23). The molecule has 0 saturated heterocycles. The number of nitrogens with one attached hydrogen (secondary N) is 2. The number of fused-ring (bicyclic) bond motifs is 1. The fourth-order valence-electron chi connectivity index (χ4n) is 2.99. The second-order valence-corrected chi connectivity index (χ2v) is 5.89. The summed E-state index contributed by atoms with van der Waals surface area (Å²) in [6, 6.07) is 4.03. The Morgan fingerprint density at radius 3 is 3.00 bits per heavy atom. The number of amides is 1. The highest BCUT2D eigenvalue weighted by Gasteiger charge is 2.11. The number of aromatic amines is 1. The van der Waals surface area contributed by atoms with Gasteiger partial charge in [0.2, 0.25) is 5.91 Å². The highest BCUT2D eigenvalue weighted by atomic mass is 19.1. The van der Waals surface area contributed by atoms with Gasteiger partial charge in [-0.2, -0.15) is 0 Å². The second-order valence-electron chi connectivity index (χ2n) is 5.89. The SMILES string of the molecule is O=C(Cn1c(=O)[nH]c2cc(F)ccc21)NCCC1=CCCCC1. The van der Waals surface area contributed by atoms with Crippen molar-refractivity contribution in [2.75, 3.05) is 6.54 Å². The molecule has 0 fully saturated rings. The number of hydrogen-bond donors (Lipinski definition) is 2. The lowest BCUT2D eigenvalue weighted by molar-refractivity contribution is -0.121. The van der Waals surface area contributed by atoms with Crippen molar-refractivity contribution in [3.63, 3.8) is 0 Å². The number of imidazole rings is 1. The Morgan fingerprint density at radius 1 is 1.35 bits per heavy atom. The van der Waals surface area contributed by atoms with Crippen LogP contribution in [0, 0.1) is 5.82 Å². The molecule has 1 aromatic carbocycles. The fraction of sp³-hybridized carbons (Fsp3) is 0.412. The van der Waals surface area contributed by atoms with Gasteiger partial charge in [-0.1, -0.05) is 11.6 Å². The van der Waals surface area contributed by atoms with E-state index < -0.39 is 11.5 Å². The minimum Gasteiger partial charge on any atom is -0.354 e. The zero-order chi connectivity index (χ0) is 16.2. The van der Waals surface area contributed by atoms with Crippen molar-refractivity contribution in [3.8, 4) is 0 Å². The lowest BCUT2D eigenvalue weighted by Gasteiger charge is -2.13. The predicted molar refractivity (Wildman–Crippen MR) is 86.7 cm³/mol. The van der Waals surface area contributed by atoms with Crippen molar-refractivity contribution in [2.45, 2.75) is 38.6 Å². The van der Waals surface area contributed by atoms with Gasteiger partial charge in [-0.15, -0.1) is 0 Å². The summed E-state index contributed by atoms with van der Waals surface area (Å²) in [7, 11) is 0. The molecular weight excluding hydrogens is 297 g/mol. The number of H-pyrrole nitrogens is 1. The third kappa shape index (κ3) is 3.70. The van der Waals surface area contributed by atoms with Crippen LogP contribution >= 0.6 is 0 Å². The van der Waals surface area contributed by atoms with Crippen molar-refractivity contribution in [2.24, 2.45) is 0 Å². The van der Waals surface area contributed by atoms with Crippen molar-refractivity contribution in [1.82, 2.24) is 14.9 Å². The van der Waals surface area contributed by atoms with Gasteiger partial charge < -0.3 is 10.3 Å². The zero-order valence-corrected chi connectivity index (χ0v) is 12.9. The monoisotopic (exact) mass is 317 g/mol. The van der Waals surface area contributed by atoms with Crippen LogP contribution in [0.1, 0.15) is 32.1 Å². The molecule has 122 valence electrons. The van der Waals surface area contributed by atoms with E-state index in [-0.39, 0.29) is 12.5 Å². The van der Waals surface area contributed by atoms with Gasteiger partial charge in [-0.05, 0) is 50.3 Å². The van der Waals surface area contributed by atoms with Crippen molar-refractivity contribution < 1.29 is 9.18 Å². The van der Waals surface area contributed by atoms with Crippen LogP contribution in [0.2, 0.25) is 0 Å². The van der Waals surface area contributed by atoms with Crippen LogP contribution in [0.3, 0.4) is 0 Å². The van der Waals surface area contributed by atoms with Crippen LogP contribution in [0.4, 0.5) is 4.39 Å². The van der Waals surface area contributed by atoms with Gasteiger partial charge in [0.25, 0.3) is 0 Å². The number of hydrogen-bond acceptors (Lipinski definition) is 2. The van der Waals surface area contributed by atoms with Crippen LogP contribution in [-0.2, 0) is 11.3 Å². The molecule has 1 aromatic heterocycles. The molecule has 2 aromatic rings. The van der Waals surface area contributed by atoms with Crippen LogP contribution in [0.5, 0.6) is 0 Å². The number of carbonyl (C=O) groups is 1. The van der Waals surface area contributed by atoms with E-state index in [0.29, 0.717) is 17.6 Å². The van der Waals surface area contributed by atoms with E-state index in [1.807, 2.05) is 0 Å². The molecule has 6 heteroatoms. The van der Waals surface area contributed by atoms with E-state index in [4.69, 9.17) is 0 Å². The topological polar surface area (TPSA) is 66.9 Å². The second kappa shape index (κ2) is 6.81. The smallest absolute Gasteiger partial charge is 0.326 e. The maximum atomic E-state index is 13.2. The van der Waals surface area contributed by atoms with Gasteiger partial charge in [0.15, 0.2) is 0 Å². The lowest BCUT2D eigenvalue weighted by Crippen LogP contribution is -2.32. The summed E-state index contributed by atoms with van der Waals surface area (Å²) in [6.45, 7) is 0.514. The van der Waals surface area contributed by atoms with Crippen molar-refractivity contribution in [3.05, 3.63) is 46.1 Å². The average molecular weight is 317 g/mol. The summed E-state index contributed by atoms with van der Waals surface area (Å²) in [5.41, 5.74) is 1.92. The Kier molecular flexibility index (Phi) is 4.60. The summed E-state index contributed by atoms with van der Waals surface area (Å²) in [5.74, 6) is -0.634. The normalized spacial score (nSPS) is 14.7. The highest BCUT2D eigenvalue weighted by molar-refractivity contribution is 5.80. The molecule has 0 atom stereocenters. The Labute approximate surface area is 133 Å². The van der Waals surface area contributed by atoms with Crippen LogP contribution in [0.25, 0.3) is 11.0 Å². The molecule has 1 heterocycles. The molecule has 1 aliphatic rings. The molecule has 2 N–H and O–H groups in total. The maximum Gasteiger partial charge on any atom is 0.326 e. The quantitative estimate of drug-likeness (QED) is 0.832. The van der Waals surface area contributed by atoms with Crippen LogP contribution in [0.15, 0.2) is 34.6 Å². The summed E-state index contributed by atoms with van der Waals surface area (Å²) in [6.07, 6.45) is 7.84. The Morgan fingerprint density at radius 2 is 2.22 bits per heavy atom. The number of rotatable bonds is 5. The Bertz CT molecular complexity index is 804. The van der Waals surface area contributed by atoms with E-state index in [9.17, 15) is 14.0 Å². The van der Waals surface area contributed by atoms with E-state index in [1.54, 1.807) is 0 Å². The largest absolute Gasteiger partial charge is 0.354 e. The first-order valence-corrected chi connectivity index (χ1v) is 7.96. The Hall–Kier alpha value is -2.37. The molecule has 0 bridgehead atoms. The summed E-state index contributed by atoms with van der Waals surface area (Å²) < 4.78 is 14.5. The molecule has 5 nitrogen and oxygen atoms in total. The molecule has 3 rings (SSSR count). The van der Waals surface area contributed by atoms with Gasteiger partial charge in [-0.25, -0.2) is 9.18 Å². The molecule has 0 radical (unpaired) electrons. The molecule has 1 aliphatic carbocycles. The number of carbonyl (C=O) groups excluding carboxylic acids is 1. The molecule has 0 saturated carbocycles. The third-order valence-electron chi connectivity index (χ3n) is 4.19. The number of aromatic nitrogens is 2. The van der Waals surface area contributed by atoms with E-state index in [2.05, 4.69) is 16.4 Å². The molecule has 0 aliphatic heterocycles. The summed E-state index contributed by atoms with van der Waals surface area (Å²) in [4.78, 5) is 26.5. The van der Waals surface area contributed by atoms with Gasteiger partial charge in [0.1, 0.15) is 12.4 Å². The number of allylic oxidation sites excluding steroid dienone is 1. The molecule has 0 unspecified atom stereocenters. The zero-order valence-electron chi connectivity index (χ0n) is 12.9. The third-order valence-corrected chi connectivity index (χ3v) is 4.19. The van der Waals surface area contributed by atoms with Gasteiger partial charge in [-0.3, -0.25) is 9.36 Å². The first-order chi connectivity index (χ1) is 11.1. The highest BCUT2D eigenvalue weighted by Crippen LogP contribution is 2.19. The summed E-state index contributed by atoms with van der Waals surface area (Å²) in [5, 5.41) is 2.84. The first kappa shape index (κ1) is 15.5. The van der Waals surface area contributed by atoms with Gasteiger partial charge in [0.05, 0.1) is 11.0 Å². The van der Waals surface area contributed by atoms with Crippen LogP contribution in [-0.4, -0.2) is 22.0 Å². The summed E-state index contributed by atoms with van der Waals surface area (Å²) >= 11 is 0. The van der Waals surface area contributed by atoms with E-state index in [0.717, 1.165) is 19.3 Å². The minimum atomic E-state index is -0.420. The Balaban J connectivity index is 1.60. The molecule has 1 amide bonds. The van der Waals surface area contributed by atoms with E-state index >= 15 is 0 Å². The van der Waals surface area contributed by atoms with Crippen molar-refractivity contribution >= 4 is 16.9 Å². The average Bonchev–Trinajstić information content (AvgIpc) is 2.83. The number of nitrogens with zero attached hydrogens (tertiary/aromatic N) is 1. The van der Waals surface area contributed by atoms with Gasteiger partial charge in [0, 0.05) is 6.54 Å². The van der Waals surface area contributed by atoms with Crippen molar-refractivity contribution in [1.29, 1.82) is 0 Å². The molecular formula is C17H20FN3O2. The minimum absolute atomic E-state index is 0.0660. The molecule has 23 heavy (non-hydrogen) atoms. The number of benzene rings is 1. The predicted octanol–water partition coefficient (Wildman–Crippen LogP) is 2.48. The molecule has 0 spiro atoms.